The van der Waals surface area contributed by atoms with Gasteiger partial charge >= 0.3 is 0 Å². The first-order valence-corrected chi connectivity index (χ1v) is 22.6. The van der Waals surface area contributed by atoms with Crippen LogP contribution in [0.5, 0.6) is 0 Å². The zero-order valence-corrected chi connectivity index (χ0v) is 35.9. The van der Waals surface area contributed by atoms with Crippen molar-refractivity contribution in [2.75, 3.05) is 0 Å². The summed E-state index contributed by atoms with van der Waals surface area (Å²) in [5, 5.41) is 2.49. The molecule has 0 heteroatoms. The number of fused-ring (bicyclic) bond motifs is 5. The molecule has 0 spiro atoms. The van der Waals surface area contributed by atoms with E-state index in [4.69, 9.17) is 0 Å². The zero-order valence-electron chi connectivity index (χ0n) is 35.9. The molecule has 0 heterocycles. The maximum absolute atomic E-state index is 2.57. The predicted octanol–water partition coefficient (Wildman–Crippen LogP) is 17.2. The van der Waals surface area contributed by atoms with Crippen molar-refractivity contribution in [2.45, 2.75) is 5.41 Å². The van der Waals surface area contributed by atoms with Gasteiger partial charge in [-0.1, -0.05) is 255 Å². The van der Waals surface area contributed by atoms with Gasteiger partial charge in [0.15, 0.2) is 0 Å². The SMILES string of the molecule is c1ccc(-c2cccc(-c3ccccc3)c2-c2ccc3c(c2)C(c2ccccc2)(c2ccccc2)c2cc(-c4c(-c5ccccc5)cccc4-c4ccccc4)c4ccccc4c2-3)cc1. The summed E-state index contributed by atoms with van der Waals surface area (Å²) in [4.78, 5) is 0. The third-order valence-corrected chi connectivity index (χ3v) is 13.6. The summed E-state index contributed by atoms with van der Waals surface area (Å²) in [5.41, 5.74) is 21.5. The first-order valence-electron chi connectivity index (χ1n) is 22.6. The fourth-order valence-electron chi connectivity index (χ4n) is 10.8. The van der Waals surface area contributed by atoms with Crippen LogP contribution in [0.1, 0.15) is 22.3 Å². The van der Waals surface area contributed by atoms with Gasteiger partial charge in [-0.05, 0) is 123 Å². The summed E-state index contributed by atoms with van der Waals surface area (Å²) in [6.07, 6.45) is 0. The Kier molecular flexibility index (Phi) is 9.50. The second-order valence-electron chi connectivity index (χ2n) is 17.1. The highest BCUT2D eigenvalue weighted by molar-refractivity contribution is 6.13. The molecule has 0 radical (unpaired) electrons. The molecular weight excluding hydrogens is 781 g/mol. The molecule has 1 aliphatic rings. The Morgan fingerprint density at radius 1 is 0.200 bits per heavy atom. The second kappa shape index (κ2) is 16.1. The van der Waals surface area contributed by atoms with Crippen LogP contribution in [0.4, 0.5) is 0 Å². The van der Waals surface area contributed by atoms with E-state index in [0.717, 1.165) is 0 Å². The molecule has 0 atom stereocenters. The van der Waals surface area contributed by atoms with Crippen LogP contribution in [-0.2, 0) is 5.41 Å². The number of rotatable bonds is 8. The Bertz CT molecular complexity index is 3330. The lowest BCUT2D eigenvalue weighted by Gasteiger charge is -2.35. The van der Waals surface area contributed by atoms with Crippen molar-refractivity contribution in [2.24, 2.45) is 0 Å². The van der Waals surface area contributed by atoms with Crippen molar-refractivity contribution >= 4 is 10.8 Å². The predicted molar refractivity (Wildman–Crippen MR) is 274 cm³/mol. The molecule has 1 aliphatic carbocycles. The number of hydrogen-bond acceptors (Lipinski definition) is 0. The molecule has 0 N–H and O–H groups in total. The molecule has 11 aromatic carbocycles. The molecule has 0 saturated carbocycles. The molecule has 0 aromatic heterocycles. The van der Waals surface area contributed by atoms with Gasteiger partial charge < -0.3 is 0 Å². The van der Waals surface area contributed by atoms with Crippen LogP contribution in [-0.4, -0.2) is 0 Å². The summed E-state index contributed by atoms with van der Waals surface area (Å²) < 4.78 is 0. The van der Waals surface area contributed by atoms with E-state index >= 15 is 0 Å². The van der Waals surface area contributed by atoms with Gasteiger partial charge in [-0.25, -0.2) is 0 Å². The summed E-state index contributed by atoms with van der Waals surface area (Å²) in [5.74, 6) is 0. The van der Waals surface area contributed by atoms with Gasteiger partial charge in [0.25, 0.3) is 0 Å². The van der Waals surface area contributed by atoms with E-state index < -0.39 is 5.41 Å². The van der Waals surface area contributed by atoms with Gasteiger partial charge in [-0.3, -0.25) is 0 Å². The van der Waals surface area contributed by atoms with E-state index in [1.54, 1.807) is 0 Å². The maximum Gasteiger partial charge on any atom is 0.0714 e. The molecule has 0 nitrogen and oxygen atoms in total. The Labute approximate surface area is 381 Å². The van der Waals surface area contributed by atoms with Gasteiger partial charge in [0.2, 0.25) is 0 Å². The summed E-state index contributed by atoms with van der Waals surface area (Å²) in [6.45, 7) is 0. The Morgan fingerprint density at radius 2 is 0.585 bits per heavy atom. The van der Waals surface area contributed by atoms with Crippen molar-refractivity contribution in [3.63, 3.8) is 0 Å². The van der Waals surface area contributed by atoms with Crippen LogP contribution in [0.3, 0.4) is 0 Å². The van der Waals surface area contributed by atoms with Crippen LogP contribution in [0.15, 0.2) is 267 Å². The highest BCUT2D eigenvalue weighted by Crippen LogP contribution is 2.60. The summed E-state index contributed by atoms with van der Waals surface area (Å²) in [7, 11) is 0. The molecule has 0 bridgehead atoms. The van der Waals surface area contributed by atoms with Crippen LogP contribution < -0.4 is 0 Å². The third-order valence-electron chi connectivity index (χ3n) is 13.6. The van der Waals surface area contributed by atoms with E-state index in [1.807, 2.05) is 0 Å². The average molecular weight is 825 g/mol. The number of benzene rings is 11. The Hall–Kier alpha value is -8.32. The van der Waals surface area contributed by atoms with E-state index in [0.29, 0.717) is 0 Å². The highest BCUT2D eigenvalue weighted by atomic mass is 14.5. The van der Waals surface area contributed by atoms with Crippen molar-refractivity contribution in [3.8, 4) is 77.9 Å². The van der Waals surface area contributed by atoms with E-state index in [9.17, 15) is 0 Å². The number of hydrogen-bond donors (Lipinski definition) is 0. The van der Waals surface area contributed by atoms with Gasteiger partial charge in [0.1, 0.15) is 0 Å². The molecule has 0 amide bonds. The second-order valence-corrected chi connectivity index (χ2v) is 17.1. The lowest BCUT2D eigenvalue weighted by molar-refractivity contribution is 0.769. The molecule has 11 aromatic rings. The van der Waals surface area contributed by atoms with Crippen molar-refractivity contribution in [3.05, 3.63) is 289 Å². The highest BCUT2D eigenvalue weighted by Gasteiger charge is 2.47. The molecule has 0 unspecified atom stereocenters. The standard InChI is InChI=1S/C65H44/c1-7-23-45(24-8-1)52-37-21-38-53(46-25-9-2-10-26-46)62(52)49-41-42-58-60(43-49)65(50-31-15-5-16-32-50,51-33-17-6-18-34-51)61-44-59(56-35-19-20-36-57(56)64(58)61)63-54(47-27-11-3-12-28-47)39-22-40-55(63)48-29-13-4-14-30-48/h1-44H. The third kappa shape index (κ3) is 6.29. The molecule has 12 rings (SSSR count). The molecular formula is C65H44. The fraction of sp³-hybridized carbons (Fsp3) is 0.0154. The van der Waals surface area contributed by atoms with Crippen molar-refractivity contribution < 1.29 is 0 Å². The minimum absolute atomic E-state index is 0.662. The minimum atomic E-state index is -0.662. The summed E-state index contributed by atoms with van der Waals surface area (Å²) >= 11 is 0. The molecule has 0 saturated heterocycles. The monoisotopic (exact) mass is 824 g/mol. The van der Waals surface area contributed by atoms with Gasteiger partial charge in [0.05, 0.1) is 5.41 Å². The van der Waals surface area contributed by atoms with Gasteiger partial charge in [-0.15, -0.1) is 0 Å². The van der Waals surface area contributed by atoms with Crippen molar-refractivity contribution in [1.82, 2.24) is 0 Å². The molecule has 0 aliphatic heterocycles. The Morgan fingerprint density at radius 3 is 1.03 bits per heavy atom. The maximum atomic E-state index is 2.57. The summed E-state index contributed by atoms with van der Waals surface area (Å²) in [6, 6.07) is 98.6. The van der Waals surface area contributed by atoms with Crippen LogP contribution >= 0.6 is 0 Å². The Balaban J connectivity index is 1.22. The van der Waals surface area contributed by atoms with Crippen LogP contribution in [0.2, 0.25) is 0 Å². The van der Waals surface area contributed by atoms with E-state index in [2.05, 4.69) is 267 Å². The van der Waals surface area contributed by atoms with Crippen LogP contribution in [0, 0.1) is 0 Å². The topological polar surface area (TPSA) is 0 Å². The lowest BCUT2D eigenvalue weighted by atomic mass is 9.66. The van der Waals surface area contributed by atoms with Crippen LogP contribution in [0.25, 0.3) is 88.7 Å². The zero-order chi connectivity index (χ0) is 43.2. The van der Waals surface area contributed by atoms with E-state index in [-0.39, 0.29) is 0 Å². The van der Waals surface area contributed by atoms with Crippen molar-refractivity contribution in [1.29, 1.82) is 0 Å². The average Bonchev–Trinajstić information content (AvgIpc) is 3.70. The first kappa shape index (κ1) is 38.4. The lowest BCUT2D eigenvalue weighted by Crippen LogP contribution is -2.28. The fourth-order valence-corrected chi connectivity index (χ4v) is 10.8. The normalized spacial score (nSPS) is 12.4. The quantitative estimate of drug-likeness (QED) is 0.143. The minimum Gasteiger partial charge on any atom is -0.0622 e. The largest absolute Gasteiger partial charge is 0.0714 e. The molecule has 0 fully saturated rings. The van der Waals surface area contributed by atoms with E-state index in [1.165, 1.54) is 111 Å². The molecule has 304 valence electrons. The smallest absolute Gasteiger partial charge is 0.0622 e. The molecule has 65 heavy (non-hydrogen) atoms. The van der Waals surface area contributed by atoms with Gasteiger partial charge in [-0.2, -0.15) is 0 Å². The first-order chi connectivity index (χ1) is 32.3. The van der Waals surface area contributed by atoms with Gasteiger partial charge in [0, 0.05) is 0 Å².